The zero-order valence-electron chi connectivity index (χ0n) is 8.75. The first kappa shape index (κ1) is 12.6. The highest BCUT2D eigenvalue weighted by molar-refractivity contribution is 9.10. The van der Waals surface area contributed by atoms with Crippen LogP contribution in [0.3, 0.4) is 0 Å². The summed E-state index contributed by atoms with van der Waals surface area (Å²) >= 11 is 4.89. The third-order valence-electron chi connectivity index (χ3n) is 1.99. The van der Waals surface area contributed by atoms with Gasteiger partial charge in [-0.25, -0.2) is 0 Å². The van der Waals surface area contributed by atoms with Gasteiger partial charge in [0, 0.05) is 11.8 Å². The highest BCUT2D eigenvalue weighted by Crippen LogP contribution is 2.14. The topological polar surface area (TPSA) is 42.2 Å². The first-order valence-electron chi connectivity index (χ1n) is 4.72. The number of rotatable bonds is 5. The van der Waals surface area contributed by atoms with Crippen molar-refractivity contribution < 1.29 is 9.21 Å². The van der Waals surface area contributed by atoms with Gasteiger partial charge in [-0.3, -0.25) is 4.79 Å². The summed E-state index contributed by atoms with van der Waals surface area (Å²) in [5.74, 6) is 1.12. The molecule has 0 spiro atoms. The number of nitrogens with one attached hydrogen (secondary N) is 1. The largest absolute Gasteiger partial charge is 0.444 e. The summed E-state index contributed by atoms with van der Waals surface area (Å²) in [6, 6.07) is 3.58. The predicted molar refractivity (Wildman–Crippen MR) is 66.3 cm³/mol. The smallest absolute Gasteiger partial charge is 0.287 e. The molecule has 1 aromatic rings. The van der Waals surface area contributed by atoms with Crippen LogP contribution in [0.25, 0.3) is 0 Å². The Bertz CT molecular complexity index is 327. The molecule has 3 nitrogen and oxygen atoms in total. The number of halogens is 1. The molecule has 0 aromatic carbocycles. The molecule has 84 valence electrons. The molecule has 1 N–H and O–H groups in total. The molecule has 0 saturated heterocycles. The van der Waals surface area contributed by atoms with Gasteiger partial charge in [0.15, 0.2) is 10.4 Å². The molecule has 15 heavy (non-hydrogen) atoms. The third kappa shape index (κ3) is 3.91. The summed E-state index contributed by atoms with van der Waals surface area (Å²) in [6.45, 7) is 2.05. The van der Waals surface area contributed by atoms with Gasteiger partial charge in [0.05, 0.1) is 0 Å². The minimum atomic E-state index is -0.151. The van der Waals surface area contributed by atoms with Crippen LogP contribution in [0.2, 0.25) is 0 Å². The molecule has 1 heterocycles. The fourth-order valence-electron chi connectivity index (χ4n) is 1.16. The van der Waals surface area contributed by atoms with Crippen molar-refractivity contribution in [1.82, 2.24) is 5.32 Å². The van der Waals surface area contributed by atoms with Gasteiger partial charge in [-0.1, -0.05) is 6.92 Å². The van der Waals surface area contributed by atoms with Crippen molar-refractivity contribution in [3.8, 4) is 0 Å². The summed E-state index contributed by atoms with van der Waals surface area (Å²) < 4.78 is 5.74. The molecule has 1 amide bonds. The van der Waals surface area contributed by atoms with Crippen LogP contribution >= 0.6 is 27.7 Å². The van der Waals surface area contributed by atoms with Crippen molar-refractivity contribution in [3.05, 3.63) is 22.6 Å². The molecule has 0 saturated carbocycles. The van der Waals surface area contributed by atoms with E-state index in [1.807, 2.05) is 6.26 Å². The summed E-state index contributed by atoms with van der Waals surface area (Å²) in [5.41, 5.74) is 0. The molecule has 0 aliphatic heterocycles. The molecule has 1 unspecified atom stereocenters. The van der Waals surface area contributed by atoms with E-state index in [0.717, 1.165) is 12.2 Å². The van der Waals surface area contributed by atoms with E-state index in [4.69, 9.17) is 4.42 Å². The molecule has 0 fully saturated rings. The lowest BCUT2D eigenvalue weighted by Crippen LogP contribution is -2.35. The second-order valence-corrected chi connectivity index (χ2v) is 4.83. The van der Waals surface area contributed by atoms with Crippen LogP contribution in [-0.4, -0.2) is 24.0 Å². The van der Waals surface area contributed by atoms with Gasteiger partial charge in [0.25, 0.3) is 5.91 Å². The van der Waals surface area contributed by atoms with Crippen LogP contribution in [0.5, 0.6) is 0 Å². The minimum Gasteiger partial charge on any atom is -0.444 e. The van der Waals surface area contributed by atoms with Crippen molar-refractivity contribution in [2.75, 3.05) is 12.0 Å². The third-order valence-corrected chi connectivity index (χ3v) is 3.15. The van der Waals surface area contributed by atoms with E-state index in [0.29, 0.717) is 10.4 Å². The summed E-state index contributed by atoms with van der Waals surface area (Å²) in [7, 11) is 0. The SMILES string of the molecule is CCC(CSC)NC(=O)c1ccc(Br)o1. The van der Waals surface area contributed by atoms with Crippen molar-refractivity contribution in [1.29, 1.82) is 0 Å². The minimum absolute atomic E-state index is 0.151. The maximum atomic E-state index is 11.7. The average molecular weight is 292 g/mol. The van der Waals surface area contributed by atoms with Gasteiger partial charge in [-0.2, -0.15) is 11.8 Å². The number of amides is 1. The average Bonchev–Trinajstić information content (AvgIpc) is 2.64. The summed E-state index contributed by atoms with van der Waals surface area (Å²) in [5, 5.41) is 2.92. The number of furan rings is 1. The van der Waals surface area contributed by atoms with E-state index >= 15 is 0 Å². The molecular weight excluding hydrogens is 278 g/mol. The second-order valence-electron chi connectivity index (χ2n) is 3.14. The maximum Gasteiger partial charge on any atom is 0.287 e. The Kier molecular flexibility index (Phi) is 5.25. The molecule has 5 heteroatoms. The van der Waals surface area contributed by atoms with Crippen LogP contribution in [-0.2, 0) is 0 Å². The number of hydrogen-bond acceptors (Lipinski definition) is 3. The van der Waals surface area contributed by atoms with Crippen LogP contribution in [0, 0.1) is 0 Å². The van der Waals surface area contributed by atoms with Crippen molar-refractivity contribution in [2.45, 2.75) is 19.4 Å². The van der Waals surface area contributed by atoms with Crippen LogP contribution < -0.4 is 5.32 Å². The number of carbonyl (C=O) groups excluding carboxylic acids is 1. The Morgan fingerprint density at radius 2 is 2.40 bits per heavy atom. The highest BCUT2D eigenvalue weighted by atomic mass is 79.9. The van der Waals surface area contributed by atoms with Crippen molar-refractivity contribution in [3.63, 3.8) is 0 Å². The molecule has 1 atom stereocenters. The van der Waals surface area contributed by atoms with E-state index in [1.54, 1.807) is 23.9 Å². The molecule has 0 aliphatic carbocycles. The monoisotopic (exact) mass is 291 g/mol. The van der Waals surface area contributed by atoms with E-state index in [2.05, 4.69) is 28.2 Å². The van der Waals surface area contributed by atoms with Crippen molar-refractivity contribution >= 4 is 33.6 Å². The lowest BCUT2D eigenvalue weighted by molar-refractivity contribution is 0.0911. The normalized spacial score (nSPS) is 12.5. The lowest BCUT2D eigenvalue weighted by atomic mass is 10.2. The Hall–Kier alpha value is -0.420. The van der Waals surface area contributed by atoms with Crippen LogP contribution in [0.4, 0.5) is 0 Å². The van der Waals surface area contributed by atoms with E-state index in [-0.39, 0.29) is 11.9 Å². The molecule has 0 aliphatic rings. The van der Waals surface area contributed by atoms with Crippen molar-refractivity contribution in [2.24, 2.45) is 0 Å². The molecule has 0 bridgehead atoms. The molecule has 1 rings (SSSR count). The van der Waals surface area contributed by atoms with Gasteiger partial charge in [-0.15, -0.1) is 0 Å². The van der Waals surface area contributed by atoms with Crippen LogP contribution in [0.15, 0.2) is 21.2 Å². The number of hydrogen-bond donors (Lipinski definition) is 1. The van der Waals surface area contributed by atoms with Gasteiger partial charge in [0.2, 0.25) is 0 Å². The number of carbonyl (C=O) groups is 1. The van der Waals surface area contributed by atoms with E-state index in [9.17, 15) is 4.79 Å². The first-order chi connectivity index (χ1) is 7.17. The van der Waals surface area contributed by atoms with Gasteiger partial charge < -0.3 is 9.73 Å². The summed E-state index contributed by atoms with van der Waals surface area (Å²) in [4.78, 5) is 11.7. The fraction of sp³-hybridized carbons (Fsp3) is 0.500. The zero-order chi connectivity index (χ0) is 11.3. The Balaban J connectivity index is 2.54. The standard InChI is InChI=1S/C10H14BrNO2S/c1-3-7(6-15-2)12-10(13)8-4-5-9(11)14-8/h4-5,7H,3,6H2,1-2H3,(H,12,13). The molecular formula is C10H14BrNO2S. The summed E-state index contributed by atoms with van der Waals surface area (Å²) in [6.07, 6.45) is 2.95. The Labute approximate surface area is 102 Å². The van der Waals surface area contributed by atoms with Gasteiger partial charge >= 0.3 is 0 Å². The highest BCUT2D eigenvalue weighted by Gasteiger charge is 2.14. The fourth-order valence-corrected chi connectivity index (χ4v) is 2.18. The Morgan fingerprint density at radius 3 is 2.87 bits per heavy atom. The van der Waals surface area contributed by atoms with E-state index < -0.39 is 0 Å². The lowest BCUT2D eigenvalue weighted by Gasteiger charge is -2.14. The molecule has 1 aromatic heterocycles. The van der Waals surface area contributed by atoms with Crippen LogP contribution in [0.1, 0.15) is 23.9 Å². The number of thioether (sulfide) groups is 1. The zero-order valence-corrected chi connectivity index (χ0v) is 11.2. The van der Waals surface area contributed by atoms with Gasteiger partial charge in [0.1, 0.15) is 0 Å². The van der Waals surface area contributed by atoms with E-state index in [1.165, 1.54) is 0 Å². The Morgan fingerprint density at radius 1 is 1.67 bits per heavy atom. The predicted octanol–water partition coefficient (Wildman–Crippen LogP) is 2.91. The second kappa shape index (κ2) is 6.23. The molecule has 0 radical (unpaired) electrons. The first-order valence-corrected chi connectivity index (χ1v) is 6.91. The quantitative estimate of drug-likeness (QED) is 0.907. The van der Waals surface area contributed by atoms with Gasteiger partial charge in [-0.05, 0) is 40.7 Å². The maximum absolute atomic E-state index is 11.7.